The summed E-state index contributed by atoms with van der Waals surface area (Å²) in [6, 6.07) is 15.3. The van der Waals surface area contributed by atoms with Gasteiger partial charge in [0.15, 0.2) is 0 Å². The fraction of sp³-hybridized carbons (Fsp3) is 0.387. The van der Waals surface area contributed by atoms with Crippen LogP contribution >= 0.6 is 0 Å². The molecule has 1 aromatic heterocycles. The predicted molar refractivity (Wildman–Crippen MR) is 152 cm³/mol. The number of benzene rings is 2. The molecule has 0 aliphatic carbocycles. The normalized spacial score (nSPS) is 12.4. The molecule has 0 unspecified atom stereocenters. The van der Waals surface area contributed by atoms with E-state index in [9.17, 15) is 23.9 Å². The smallest absolute Gasteiger partial charge is 0.251 e. The number of pyridine rings is 1. The number of amides is 1. The Labute approximate surface area is 234 Å². The maximum atomic E-state index is 13.9. The number of carbonyl (C=O) groups excluding carboxylic acids is 1. The van der Waals surface area contributed by atoms with Crippen LogP contribution in [0.1, 0.15) is 59.4 Å². The van der Waals surface area contributed by atoms with Crippen molar-refractivity contribution < 1.29 is 18.7 Å². The molecule has 1 amide bonds. The molecule has 0 radical (unpaired) electrons. The molecule has 3 rings (SSSR count). The molecule has 0 bridgehead atoms. The zero-order chi connectivity index (χ0) is 29.1. The van der Waals surface area contributed by atoms with E-state index >= 15 is 0 Å². The van der Waals surface area contributed by atoms with Crippen LogP contribution in [-0.4, -0.2) is 48.3 Å². The monoisotopic (exact) mass is 549 g/mol. The lowest BCUT2D eigenvalue weighted by Crippen LogP contribution is -2.48. The Balaban J connectivity index is 1.79. The molecule has 0 saturated carbocycles. The van der Waals surface area contributed by atoms with Gasteiger partial charge in [0.2, 0.25) is 0 Å². The van der Waals surface area contributed by atoms with E-state index in [1.165, 1.54) is 23.8 Å². The van der Waals surface area contributed by atoms with Crippen LogP contribution in [-0.2, 0) is 19.4 Å². The Bertz CT molecular complexity index is 1310. The highest BCUT2D eigenvalue weighted by atomic mass is 19.1. The van der Waals surface area contributed by atoms with Gasteiger partial charge in [-0.1, -0.05) is 44.5 Å². The third-order valence-corrected chi connectivity index (χ3v) is 6.67. The highest BCUT2D eigenvalue weighted by Crippen LogP contribution is 2.17. The van der Waals surface area contributed by atoms with E-state index in [0.29, 0.717) is 24.5 Å². The molecule has 7 nitrogen and oxygen atoms in total. The number of unbranched alkanes of at least 4 members (excludes halogenated alkanes) is 1. The number of hydrogen-bond acceptors (Lipinski definition) is 6. The first-order valence-corrected chi connectivity index (χ1v) is 13.6. The number of aromatic nitrogens is 1. The fourth-order valence-electron chi connectivity index (χ4n) is 4.39. The van der Waals surface area contributed by atoms with Crippen LogP contribution < -0.4 is 15.5 Å². The summed E-state index contributed by atoms with van der Waals surface area (Å²) in [6.07, 6.45) is 1.73. The number of aryl methyl sites for hydroxylation is 1. The van der Waals surface area contributed by atoms with Crippen LogP contribution in [0.25, 0.3) is 0 Å². The summed E-state index contributed by atoms with van der Waals surface area (Å²) in [5.74, 6) is -1.52. The second-order valence-corrected chi connectivity index (χ2v) is 9.92. The van der Waals surface area contributed by atoms with Crippen molar-refractivity contribution in [2.45, 2.75) is 58.2 Å². The van der Waals surface area contributed by atoms with Gasteiger partial charge in [-0.05, 0) is 60.2 Å². The van der Waals surface area contributed by atoms with Crippen LogP contribution in [0.2, 0.25) is 0 Å². The van der Waals surface area contributed by atoms with E-state index < -0.39 is 29.7 Å². The number of anilines is 1. The first-order valence-electron chi connectivity index (χ1n) is 13.6. The van der Waals surface area contributed by atoms with E-state index in [1.807, 2.05) is 36.2 Å². The number of nitriles is 1. The van der Waals surface area contributed by atoms with E-state index in [2.05, 4.69) is 35.5 Å². The van der Waals surface area contributed by atoms with Gasteiger partial charge >= 0.3 is 0 Å². The third kappa shape index (κ3) is 9.11. The van der Waals surface area contributed by atoms with Crippen molar-refractivity contribution in [2.24, 2.45) is 0 Å². The fourth-order valence-corrected chi connectivity index (χ4v) is 4.39. The average molecular weight is 550 g/mol. The summed E-state index contributed by atoms with van der Waals surface area (Å²) in [4.78, 5) is 19.5. The maximum Gasteiger partial charge on any atom is 0.251 e. The Morgan fingerprint density at radius 2 is 1.80 bits per heavy atom. The largest absolute Gasteiger partial charge is 0.390 e. The van der Waals surface area contributed by atoms with E-state index in [0.717, 1.165) is 30.9 Å². The van der Waals surface area contributed by atoms with Crippen LogP contribution in [0.4, 0.5) is 14.6 Å². The minimum Gasteiger partial charge on any atom is -0.390 e. The lowest BCUT2D eigenvalue weighted by atomic mass is 10.00. The van der Waals surface area contributed by atoms with Gasteiger partial charge in [-0.2, -0.15) is 5.26 Å². The molecule has 2 atom stereocenters. The van der Waals surface area contributed by atoms with Gasteiger partial charge in [0.25, 0.3) is 5.91 Å². The van der Waals surface area contributed by atoms with Crippen LogP contribution in [0.15, 0.2) is 54.6 Å². The van der Waals surface area contributed by atoms with Crippen molar-refractivity contribution in [3.05, 3.63) is 94.2 Å². The number of hydrogen-bond donors (Lipinski definition) is 3. The van der Waals surface area contributed by atoms with Gasteiger partial charge in [0.05, 0.1) is 12.1 Å². The summed E-state index contributed by atoms with van der Waals surface area (Å²) in [5, 5.41) is 26.6. The van der Waals surface area contributed by atoms with Crippen molar-refractivity contribution in [3.8, 4) is 6.07 Å². The third-order valence-electron chi connectivity index (χ3n) is 6.67. The Kier molecular flexibility index (Phi) is 11.5. The molecule has 3 aromatic rings. The minimum absolute atomic E-state index is 0.00592. The Morgan fingerprint density at radius 3 is 2.48 bits per heavy atom. The average Bonchev–Trinajstić information content (AvgIpc) is 2.94. The maximum absolute atomic E-state index is 13.9. The number of nitrogens with one attached hydrogen (secondary N) is 2. The second-order valence-electron chi connectivity index (χ2n) is 9.92. The van der Waals surface area contributed by atoms with Crippen molar-refractivity contribution in [3.63, 3.8) is 0 Å². The standard InChI is InChI=1S/C31H37F2N5O2/c1-4-6-10-38(3)30-16-24(15-27(18-34)36-30)31(40)37-28(14-23-12-25(32)17-26(33)13-23)29(39)20-35-19-22-9-7-8-21(5-2)11-22/h7-9,11-13,15-17,28-29,35,39H,4-6,10,14,19-20H2,1-3H3,(H,37,40)/t28-,29+/m0/s1. The first-order chi connectivity index (χ1) is 19.2. The molecule has 0 aliphatic rings. The molecule has 9 heteroatoms. The summed E-state index contributed by atoms with van der Waals surface area (Å²) in [6.45, 7) is 5.48. The van der Waals surface area contributed by atoms with Crippen molar-refractivity contribution >= 4 is 11.7 Å². The predicted octanol–water partition coefficient (Wildman–Crippen LogP) is 4.52. The number of rotatable bonds is 14. The zero-order valence-corrected chi connectivity index (χ0v) is 23.3. The van der Waals surface area contributed by atoms with Crippen LogP contribution in [0.3, 0.4) is 0 Å². The molecule has 3 N–H and O–H groups in total. The van der Waals surface area contributed by atoms with Gasteiger partial charge in [-0.15, -0.1) is 0 Å². The zero-order valence-electron chi connectivity index (χ0n) is 23.3. The molecule has 212 valence electrons. The summed E-state index contributed by atoms with van der Waals surface area (Å²) in [7, 11) is 1.84. The van der Waals surface area contributed by atoms with Gasteiger partial charge in [-0.25, -0.2) is 13.8 Å². The Hall–Kier alpha value is -3.87. The van der Waals surface area contributed by atoms with Gasteiger partial charge in [-0.3, -0.25) is 4.79 Å². The second kappa shape index (κ2) is 15.1. The summed E-state index contributed by atoms with van der Waals surface area (Å²) < 4.78 is 27.8. The topological polar surface area (TPSA) is 101 Å². The lowest BCUT2D eigenvalue weighted by molar-refractivity contribution is 0.0829. The highest BCUT2D eigenvalue weighted by molar-refractivity contribution is 5.95. The quantitative estimate of drug-likeness (QED) is 0.273. The molecule has 2 aromatic carbocycles. The summed E-state index contributed by atoms with van der Waals surface area (Å²) >= 11 is 0. The van der Waals surface area contributed by atoms with Gasteiger partial charge < -0.3 is 20.6 Å². The number of nitrogens with zero attached hydrogens (tertiary/aromatic N) is 3. The van der Waals surface area contributed by atoms with Crippen LogP contribution in [0.5, 0.6) is 0 Å². The number of carbonyl (C=O) groups is 1. The molecule has 40 heavy (non-hydrogen) atoms. The lowest BCUT2D eigenvalue weighted by Gasteiger charge is -2.25. The molecule has 0 fully saturated rings. The van der Waals surface area contributed by atoms with E-state index in [4.69, 9.17) is 0 Å². The van der Waals surface area contributed by atoms with Gasteiger partial charge in [0, 0.05) is 38.3 Å². The number of aliphatic hydroxyl groups is 1. The van der Waals surface area contributed by atoms with Crippen molar-refractivity contribution in [1.29, 1.82) is 5.26 Å². The Morgan fingerprint density at radius 1 is 1.07 bits per heavy atom. The van der Waals surface area contributed by atoms with Gasteiger partial charge in [0.1, 0.15) is 29.2 Å². The minimum atomic E-state index is -1.08. The van der Waals surface area contributed by atoms with E-state index in [-0.39, 0.29) is 24.2 Å². The molecule has 0 saturated heterocycles. The highest BCUT2D eigenvalue weighted by Gasteiger charge is 2.24. The van der Waals surface area contributed by atoms with Crippen molar-refractivity contribution in [1.82, 2.24) is 15.6 Å². The molecular formula is C31H37F2N5O2. The van der Waals surface area contributed by atoms with E-state index in [1.54, 1.807) is 6.07 Å². The first kappa shape index (κ1) is 30.7. The van der Waals surface area contributed by atoms with Crippen molar-refractivity contribution in [2.75, 3.05) is 25.0 Å². The van der Waals surface area contributed by atoms with Crippen LogP contribution in [0, 0.1) is 23.0 Å². The molecule has 0 spiro atoms. The summed E-state index contributed by atoms with van der Waals surface area (Å²) in [5.41, 5.74) is 2.85. The molecular weight excluding hydrogens is 512 g/mol. The molecule has 1 heterocycles. The number of aliphatic hydroxyl groups excluding tert-OH is 1. The molecule has 0 aliphatic heterocycles. The number of halogens is 2. The SMILES string of the molecule is CCCCN(C)c1cc(C(=O)N[C@@H](Cc2cc(F)cc(F)c2)[C@H](O)CNCc2cccc(CC)c2)cc(C#N)n1.